The molecule has 0 aliphatic carbocycles. The van der Waals surface area contributed by atoms with Gasteiger partial charge >= 0.3 is 0 Å². The molecule has 0 bridgehead atoms. The van der Waals surface area contributed by atoms with Crippen molar-refractivity contribution in [2.45, 2.75) is 32.6 Å². The van der Waals surface area contributed by atoms with Crippen molar-refractivity contribution >= 4 is 35.0 Å². The molecular formula is C20H24N2O3S. The maximum absolute atomic E-state index is 11.8. The summed E-state index contributed by atoms with van der Waals surface area (Å²) < 4.78 is 10.8. The van der Waals surface area contributed by atoms with Crippen molar-refractivity contribution in [2.24, 2.45) is 0 Å². The monoisotopic (exact) mass is 372 g/mol. The van der Waals surface area contributed by atoms with E-state index in [0.29, 0.717) is 5.76 Å². The van der Waals surface area contributed by atoms with Gasteiger partial charge in [-0.1, -0.05) is 26.2 Å². The first-order chi connectivity index (χ1) is 12.7. The summed E-state index contributed by atoms with van der Waals surface area (Å²) in [6.45, 7) is 2.91. The van der Waals surface area contributed by atoms with E-state index < -0.39 is 0 Å². The van der Waals surface area contributed by atoms with Crippen molar-refractivity contribution < 1.29 is 13.9 Å². The third-order valence-electron chi connectivity index (χ3n) is 3.56. The van der Waals surface area contributed by atoms with E-state index in [1.165, 1.54) is 25.3 Å². The minimum atomic E-state index is -0.328. The Morgan fingerprint density at radius 2 is 2.00 bits per heavy atom. The first-order valence-corrected chi connectivity index (χ1v) is 9.14. The number of carbonyl (C=O) groups excluding carboxylic acids is 1. The Morgan fingerprint density at radius 3 is 2.69 bits per heavy atom. The number of anilines is 1. The fourth-order valence-electron chi connectivity index (χ4n) is 2.21. The molecule has 0 saturated heterocycles. The van der Waals surface area contributed by atoms with Crippen LogP contribution >= 0.6 is 12.2 Å². The highest BCUT2D eigenvalue weighted by Crippen LogP contribution is 2.16. The molecule has 0 saturated carbocycles. The smallest absolute Gasteiger partial charge is 0.250 e. The Kier molecular flexibility index (Phi) is 8.42. The van der Waals surface area contributed by atoms with Gasteiger partial charge < -0.3 is 14.5 Å². The van der Waals surface area contributed by atoms with Gasteiger partial charge in [-0.2, -0.15) is 0 Å². The number of hydrogen-bond donors (Lipinski definition) is 2. The van der Waals surface area contributed by atoms with E-state index in [0.717, 1.165) is 24.5 Å². The van der Waals surface area contributed by atoms with Crippen LogP contribution in [0.25, 0.3) is 6.08 Å². The zero-order valence-electron chi connectivity index (χ0n) is 14.9. The Balaban J connectivity index is 1.72. The van der Waals surface area contributed by atoms with Gasteiger partial charge in [-0.25, -0.2) is 0 Å². The molecule has 1 amide bonds. The average molecular weight is 372 g/mol. The maximum atomic E-state index is 11.8. The van der Waals surface area contributed by atoms with Crippen LogP contribution in [0, 0.1) is 0 Å². The van der Waals surface area contributed by atoms with Gasteiger partial charge in [0.25, 0.3) is 0 Å². The van der Waals surface area contributed by atoms with Crippen molar-refractivity contribution in [3.05, 3.63) is 54.5 Å². The Labute approximate surface area is 159 Å². The van der Waals surface area contributed by atoms with Crippen molar-refractivity contribution in [2.75, 3.05) is 11.9 Å². The summed E-state index contributed by atoms with van der Waals surface area (Å²) in [6, 6.07) is 11.0. The van der Waals surface area contributed by atoms with Crippen molar-refractivity contribution in [3.8, 4) is 5.75 Å². The molecule has 2 aromatic rings. The van der Waals surface area contributed by atoms with Gasteiger partial charge in [-0.3, -0.25) is 10.1 Å². The number of thiocarbonyl (C=S) groups is 1. The van der Waals surface area contributed by atoms with Crippen LogP contribution in [-0.4, -0.2) is 17.6 Å². The molecule has 0 aliphatic heterocycles. The van der Waals surface area contributed by atoms with E-state index in [9.17, 15) is 4.79 Å². The van der Waals surface area contributed by atoms with Crippen LogP contribution in [0.2, 0.25) is 0 Å². The molecule has 2 rings (SSSR count). The second kappa shape index (κ2) is 11.1. The summed E-state index contributed by atoms with van der Waals surface area (Å²) in [6.07, 6.45) is 9.20. The quantitative estimate of drug-likeness (QED) is 0.377. The van der Waals surface area contributed by atoms with Crippen LogP contribution in [0.1, 0.15) is 38.4 Å². The zero-order chi connectivity index (χ0) is 18.6. The number of hydrogen-bond acceptors (Lipinski definition) is 4. The van der Waals surface area contributed by atoms with Gasteiger partial charge in [0.05, 0.1) is 12.9 Å². The van der Waals surface area contributed by atoms with Crippen LogP contribution in [0.4, 0.5) is 5.69 Å². The maximum Gasteiger partial charge on any atom is 0.250 e. The van der Waals surface area contributed by atoms with Crippen LogP contribution in [-0.2, 0) is 4.79 Å². The summed E-state index contributed by atoms with van der Waals surface area (Å²) in [5.41, 5.74) is 0.781. The molecule has 0 fully saturated rings. The first kappa shape index (κ1) is 19.7. The number of amides is 1. The number of ether oxygens (including phenoxy) is 1. The Morgan fingerprint density at radius 1 is 1.19 bits per heavy atom. The van der Waals surface area contributed by atoms with Gasteiger partial charge in [0, 0.05) is 11.8 Å². The lowest BCUT2D eigenvalue weighted by Gasteiger charge is -2.10. The predicted molar refractivity (Wildman–Crippen MR) is 108 cm³/mol. The molecule has 0 spiro atoms. The molecule has 0 atom stereocenters. The summed E-state index contributed by atoms with van der Waals surface area (Å²) in [7, 11) is 0. The third kappa shape index (κ3) is 7.53. The molecule has 0 aliphatic rings. The van der Waals surface area contributed by atoms with Crippen LogP contribution in [0.15, 0.2) is 53.2 Å². The Hall–Kier alpha value is -2.60. The highest BCUT2D eigenvalue weighted by atomic mass is 32.1. The molecule has 138 valence electrons. The molecule has 0 unspecified atom stereocenters. The molecule has 1 aromatic heterocycles. The summed E-state index contributed by atoms with van der Waals surface area (Å²) in [5, 5.41) is 5.77. The number of furan rings is 1. The number of unbranched alkanes of at least 4 members (excludes halogenated alkanes) is 3. The van der Waals surface area contributed by atoms with E-state index in [1.807, 2.05) is 24.3 Å². The molecule has 2 N–H and O–H groups in total. The molecular weight excluding hydrogens is 348 g/mol. The summed E-state index contributed by atoms with van der Waals surface area (Å²) in [5.74, 6) is 1.10. The number of carbonyl (C=O) groups is 1. The lowest BCUT2D eigenvalue weighted by atomic mass is 10.2. The van der Waals surface area contributed by atoms with Crippen LogP contribution in [0.3, 0.4) is 0 Å². The normalized spacial score (nSPS) is 10.7. The fourth-order valence-corrected chi connectivity index (χ4v) is 2.43. The van der Waals surface area contributed by atoms with Gasteiger partial charge in [-0.15, -0.1) is 0 Å². The SMILES string of the molecule is CCCCCCOc1ccc(NC(=S)NC(=O)C=Cc2ccco2)cc1. The molecule has 1 heterocycles. The zero-order valence-corrected chi connectivity index (χ0v) is 15.7. The molecule has 1 aromatic carbocycles. The van der Waals surface area contributed by atoms with Gasteiger partial charge in [0.1, 0.15) is 11.5 Å². The highest BCUT2D eigenvalue weighted by Gasteiger charge is 2.02. The summed E-state index contributed by atoms with van der Waals surface area (Å²) >= 11 is 5.14. The lowest BCUT2D eigenvalue weighted by molar-refractivity contribution is -0.115. The van der Waals surface area contributed by atoms with Gasteiger partial charge in [0.2, 0.25) is 5.91 Å². The topological polar surface area (TPSA) is 63.5 Å². The minimum absolute atomic E-state index is 0.229. The molecule has 6 heteroatoms. The standard InChI is InChI=1S/C20H24N2O3S/c1-2-3-4-5-14-24-18-10-8-16(9-11-18)21-20(26)22-19(23)13-12-17-7-6-15-25-17/h6-13,15H,2-5,14H2,1H3,(H2,21,22,23,26). The van der Waals surface area contributed by atoms with E-state index in [-0.39, 0.29) is 11.0 Å². The Bertz CT molecular complexity index is 709. The highest BCUT2D eigenvalue weighted by molar-refractivity contribution is 7.80. The van der Waals surface area contributed by atoms with E-state index in [2.05, 4.69) is 17.6 Å². The third-order valence-corrected chi connectivity index (χ3v) is 3.76. The lowest BCUT2D eigenvalue weighted by Crippen LogP contribution is -2.32. The van der Waals surface area contributed by atoms with E-state index in [1.54, 1.807) is 24.5 Å². The molecule has 0 radical (unpaired) electrons. The van der Waals surface area contributed by atoms with Crippen molar-refractivity contribution in [1.29, 1.82) is 0 Å². The number of rotatable bonds is 9. The van der Waals surface area contributed by atoms with E-state index >= 15 is 0 Å². The number of nitrogens with one attached hydrogen (secondary N) is 2. The molecule has 26 heavy (non-hydrogen) atoms. The molecule has 5 nitrogen and oxygen atoms in total. The van der Waals surface area contributed by atoms with Gasteiger partial charge in [-0.05, 0) is 61.1 Å². The van der Waals surface area contributed by atoms with Crippen molar-refractivity contribution in [3.63, 3.8) is 0 Å². The van der Waals surface area contributed by atoms with E-state index in [4.69, 9.17) is 21.4 Å². The fraction of sp³-hybridized carbons (Fsp3) is 0.300. The average Bonchev–Trinajstić information content (AvgIpc) is 3.15. The van der Waals surface area contributed by atoms with Crippen molar-refractivity contribution in [1.82, 2.24) is 5.32 Å². The predicted octanol–water partition coefficient (Wildman–Crippen LogP) is 4.77. The number of benzene rings is 1. The van der Waals surface area contributed by atoms with Crippen LogP contribution in [0.5, 0.6) is 5.75 Å². The first-order valence-electron chi connectivity index (χ1n) is 8.74. The second-order valence-corrected chi connectivity index (χ2v) is 6.13. The largest absolute Gasteiger partial charge is 0.494 e. The summed E-state index contributed by atoms with van der Waals surface area (Å²) in [4.78, 5) is 11.8. The van der Waals surface area contributed by atoms with Crippen LogP contribution < -0.4 is 15.4 Å². The van der Waals surface area contributed by atoms with Gasteiger partial charge in [0.15, 0.2) is 5.11 Å². The second-order valence-electron chi connectivity index (χ2n) is 5.73. The minimum Gasteiger partial charge on any atom is -0.494 e.